The van der Waals surface area contributed by atoms with Crippen LogP contribution in [0.15, 0.2) is 91.3 Å². The van der Waals surface area contributed by atoms with Crippen LogP contribution in [0.4, 0.5) is 5.69 Å². The third-order valence-corrected chi connectivity index (χ3v) is 6.13. The Kier molecular flexibility index (Phi) is 5.37. The van der Waals surface area contributed by atoms with Gasteiger partial charge in [-0.05, 0) is 85.4 Å². The summed E-state index contributed by atoms with van der Waals surface area (Å²) in [6.07, 6.45) is 3.91. The third-order valence-electron chi connectivity index (χ3n) is 5.81. The summed E-state index contributed by atoms with van der Waals surface area (Å²) in [5.41, 5.74) is 5.40. The molecule has 3 heterocycles. The molecule has 1 fully saturated rings. The van der Waals surface area contributed by atoms with E-state index in [1.54, 1.807) is 7.11 Å². The lowest BCUT2D eigenvalue weighted by Crippen LogP contribution is -2.30. The van der Waals surface area contributed by atoms with Gasteiger partial charge >= 0.3 is 0 Å². The molecule has 1 aliphatic heterocycles. The average Bonchev–Trinajstić information content (AvgIpc) is 3.44. The molecule has 1 N–H and O–H groups in total. The Morgan fingerprint density at radius 3 is 2.50 bits per heavy atom. The zero-order chi connectivity index (χ0) is 22.1. The summed E-state index contributed by atoms with van der Waals surface area (Å²) in [4.78, 5) is 6.86. The average molecular weight is 441 g/mol. The summed E-state index contributed by atoms with van der Waals surface area (Å²) >= 11 is 5.85. The molecule has 0 radical (unpaired) electrons. The highest BCUT2D eigenvalue weighted by Crippen LogP contribution is 2.42. The van der Waals surface area contributed by atoms with Gasteiger partial charge in [0.1, 0.15) is 11.8 Å². The van der Waals surface area contributed by atoms with E-state index >= 15 is 0 Å². The number of aryl methyl sites for hydroxylation is 1. The van der Waals surface area contributed by atoms with E-state index in [4.69, 9.17) is 17.0 Å². The van der Waals surface area contributed by atoms with E-state index in [1.165, 1.54) is 5.56 Å². The normalized spacial score (nSPS) is 17.9. The van der Waals surface area contributed by atoms with Gasteiger partial charge in [-0.3, -0.25) is 4.98 Å². The van der Waals surface area contributed by atoms with Crippen LogP contribution in [0.1, 0.15) is 29.0 Å². The summed E-state index contributed by atoms with van der Waals surface area (Å²) < 4.78 is 7.55. The van der Waals surface area contributed by atoms with Crippen LogP contribution in [0.2, 0.25) is 0 Å². The molecule has 0 unspecified atom stereocenters. The Bertz CT molecular complexity index is 1240. The van der Waals surface area contributed by atoms with Crippen molar-refractivity contribution in [2.45, 2.75) is 19.0 Å². The fourth-order valence-electron chi connectivity index (χ4n) is 4.32. The SMILES string of the molecule is COc1ccc(-n2cccc2[C@H]2[C@@H](c3ccccn3)NC(=S)N2c2cccc(C)c2)cc1. The van der Waals surface area contributed by atoms with Crippen molar-refractivity contribution in [3.63, 3.8) is 0 Å². The predicted octanol–water partition coefficient (Wildman–Crippen LogP) is 5.37. The number of methoxy groups -OCH3 is 1. The van der Waals surface area contributed by atoms with Gasteiger partial charge < -0.3 is 19.5 Å². The Balaban J connectivity index is 1.65. The molecule has 2 aromatic heterocycles. The first-order chi connectivity index (χ1) is 15.7. The lowest BCUT2D eigenvalue weighted by atomic mass is 10.0. The van der Waals surface area contributed by atoms with Crippen molar-refractivity contribution in [1.29, 1.82) is 0 Å². The molecule has 1 aliphatic rings. The number of nitrogens with zero attached hydrogens (tertiary/aromatic N) is 3. The van der Waals surface area contributed by atoms with Gasteiger partial charge in [0.05, 0.1) is 18.8 Å². The number of pyridine rings is 1. The summed E-state index contributed by atoms with van der Waals surface area (Å²) in [5, 5.41) is 4.23. The van der Waals surface area contributed by atoms with Crippen molar-refractivity contribution in [2.75, 3.05) is 12.0 Å². The molecule has 0 amide bonds. The minimum atomic E-state index is -0.0869. The van der Waals surface area contributed by atoms with Gasteiger partial charge in [-0.1, -0.05) is 18.2 Å². The van der Waals surface area contributed by atoms with Gasteiger partial charge in [0, 0.05) is 29.5 Å². The number of hydrogen-bond acceptors (Lipinski definition) is 3. The molecule has 0 aliphatic carbocycles. The van der Waals surface area contributed by atoms with Crippen LogP contribution in [0.5, 0.6) is 5.75 Å². The fourth-order valence-corrected chi connectivity index (χ4v) is 4.67. The number of benzene rings is 2. The molecule has 5 rings (SSSR count). The highest BCUT2D eigenvalue weighted by Gasteiger charge is 2.42. The second kappa shape index (κ2) is 8.48. The van der Waals surface area contributed by atoms with Crippen molar-refractivity contribution in [3.8, 4) is 11.4 Å². The quantitative estimate of drug-likeness (QED) is 0.423. The van der Waals surface area contributed by atoms with Crippen LogP contribution >= 0.6 is 12.2 Å². The molecule has 0 spiro atoms. The van der Waals surface area contributed by atoms with Crippen LogP contribution < -0.4 is 15.0 Å². The smallest absolute Gasteiger partial charge is 0.174 e. The van der Waals surface area contributed by atoms with Gasteiger partial charge in [0.25, 0.3) is 0 Å². The molecule has 32 heavy (non-hydrogen) atoms. The maximum atomic E-state index is 5.85. The number of aromatic nitrogens is 2. The number of rotatable bonds is 5. The summed E-state index contributed by atoms with van der Waals surface area (Å²) in [5.74, 6) is 0.832. The maximum absolute atomic E-state index is 5.85. The molecule has 2 atom stereocenters. The molecule has 6 heteroatoms. The highest BCUT2D eigenvalue weighted by molar-refractivity contribution is 7.80. The molecule has 0 saturated carbocycles. The minimum absolute atomic E-state index is 0.0729. The van der Waals surface area contributed by atoms with Gasteiger partial charge in [-0.15, -0.1) is 0 Å². The Labute approximate surface area is 193 Å². The molecule has 5 nitrogen and oxygen atoms in total. The van der Waals surface area contributed by atoms with E-state index in [9.17, 15) is 0 Å². The number of anilines is 1. The van der Waals surface area contributed by atoms with Crippen LogP contribution in [0.3, 0.4) is 0 Å². The van der Waals surface area contributed by atoms with Crippen LogP contribution in [0, 0.1) is 6.92 Å². The van der Waals surface area contributed by atoms with Gasteiger partial charge in [-0.2, -0.15) is 0 Å². The first-order valence-electron chi connectivity index (χ1n) is 10.5. The first kappa shape index (κ1) is 20.3. The van der Waals surface area contributed by atoms with Gasteiger partial charge in [-0.25, -0.2) is 0 Å². The van der Waals surface area contributed by atoms with E-state index in [-0.39, 0.29) is 12.1 Å². The number of thiocarbonyl (C=S) groups is 1. The van der Waals surface area contributed by atoms with E-state index < -0.39 is 0 Å². The summed E-state index contributed by atoms with van der Waals surface area (Å²) in [6.45, 7) is 2.10. The molecule has 2 aromatic carbocycles. The van der Waals surface area contributed by atoms with Crippen molar-refractivity contribution in [2.24, 2.45) is 0 Å². The fraction of sp³-hybridized carbons (Fsp3) is 0.154. The summed E-state index contributed by atoms with van der Waals surface area (Å²) in [7, 11) is 1.68. The Morgan fingerprint density at radius 1 is 0.938 bits per heavy atom. The standard InChI is InChI=1S/C26H24N4OS/c1-18-7-5-8-20(17-18)30-25(24(28-26(30)32)22-9-3-4-15-27-22)23-10-6-16-29(23)19-11-13-21(31-2)14-12-19/h3-17,24-25H,1-2H3,(H,28,32)/t24-,25+/m1/s1. The molecule has 4 aromatic rings. The van der Waals surface area contributed by atoms with E-state index in [0.717, 1.165) is 28.5 Å². The van der Waals surface area contributed by atoms with E-state index in [0.29, 0.717) is 5.11 Å². The number of ether oxygens (including phenoxy) is 1. The van der Waals surface area contributed by atoms with Crippen LogP contribution in [-0.2, 0) is 0 Å². The summed E-state index contributed by atoms with van der Waals surface area (Å²) in [6, 6.07) is 26.6. The highest BCUT2D eigenvalue weighted by atomic mass is 32.1. The number of hydrogen-bond donors (Lipinski definition) is 1. The van der Waals surface area contributed by atoms with Crippen LogP contribution in [0.25, 0.3) is 5.69 Å². The third kappa shape index (κ3) is 3.63. The lowest BCUT2D eigenvalue weighted by Gasteiger charge is -2.29. The van der Waals surface area contributed by atoms with Crippen molar-refractivity contribution < 1.29 is 4.74 Å². The van der Waals surface area contributed by atoms with Gasteiger partial charge in [0.15, 0.2) is 5.11 Å². The molecular weight excluding hydrogens is 416 g/mol. The topological polar surface area (TPSA) is 42.3 Å². The second-order valence-electron chi connectivity index (χ2n) is 7.84. The van der Waals surface area contributed by atoms with Crippen molar-refractivity contribution >= 4 is 23.0 Å². The van der Waals surface area contributed by atoms with Crippen LogP contribution in [-0.4, -0.2) is 21.8 Å². The van der Waals surface area contributed by atoms with E-state index in [2.05, 4.69) is 81.4 Å². The zero-order valence-electron chi connectivity index (χ0n) is 18.0. The van der Waals surface area contributed by atoms with E-state index in [1.807, 2.05) is 36.5 Å². The lowest BCUT2D eigenvalue weighted by molar-refractivity contribution is 0.414. The largest absolute Gasteiger partial charge is 0.497 e. The second-order valence-corrected chi connectivity index (χ2v) is 8.22. The molecular formula is C26H24N4OS. The van der Waals surface area contributed by atoms with Gasteiger partial charge in [0.2, 0.25) is 0 Å². The predicted molar refractivity (Wildman–Crippen MR) is 131 cm³/mol. The van der Waals surface area contributed by atoms with Crippen molar-refractivity contribution in [3.05, 3.63) is 108 Å². The monoisotopic (exact) mass is 440 g/mol. The minimum Gasteiger partial charge on any atom is -0.497 e. The van der Waals surface area contributed by atoms with Crippen molar-refractivity contribution in [1.82, 2.24) is 14.9 Å². The molecule has 0 bridgehead atoms. The first-order valence-corrected chi connectivity index (χ1v) is 11.0. The Hall–Kier alpha value is -3.64. The Morgan fingerprint density at radius 2 is 1.78 bits per heavy atom. The maximum Gasteiger partial charge on any atom is 0.174 e. The molecule has 160 valence electrons. The number of nitrogens with one attached hydrogen (secondary N) is 1. The zero-order valence-corrected chi connectivity index (χ0v) is 18.8. The molecule has 1 saturated heterocycles.